The van der Waals surface area contributed by atoms with E-state index >= 15 is 0 Å². The topological polar surface area (TPSA) is 90.4 Å². The normalized spacial score (nSPS) is 11.2. The van der Waals surface area contributed by atoms with Gasteiger partial charge < -0.3 is 9.47 Å². The van der Waals surface area contributed by atoms with Crippen LogP contribution in [0.1, 0.15) is 24.5 Å². The van der Waals surface area contributed by atoms with E-state index in [2.05, 4.69) is 14.7 Å². The molecule has 0 bridgehead atoms. The molecule has 0 amide bonds. The molecule has 0 aliphatic carbocycles. The van der Waals surface area contributed by atoms with Crippen LogP contribution in [0.3, 0.4) is 0 Å². The third kappa shape index (κ3) is 6.05. The summed E-state index contributed by atoms with van der Waals surface area (Å²) in [5.41, 5.74) is 1.41. The number of thioether (sulfide) groups is 1. The number of benzene rings is 2. The van der Waals surface area contributed by atoms with Crippen LogP contribution in [0, 0.1) is 0 Å². The Morgan fingerprint density at radius 1 is 1.03 bits per heavy atom. The van der Waals surface area contributed by atoms with Crippen LogP contribution in [0.5, 0.6) is 11.5 Å². The highest BCUT2D eigenvalue weighted by Crippen LogP contribution is 2.29. The van der Waals surface area contributed by atoms with Crippen LogP contribution in [-0.4, -0.2) is 38.4 Å². The molecular formula is C22H24ClN3O4S2. The number of methoxy groups -OCH3 is 1. The molecule has 2 aromatic carbocycles. The van der Waals surface area contributed by atoms with Gasteiger partial charge in [-0.25, -0.2) is 18.4 Å². The summed E-state index contributed by atoms with van der Waals surface area (Å²) in [4.78, 5) is 8.74. The van der Waals surface area contributed by atoms with Crippen molar-refractivity contribution in [2.45, 2.75) is 29.8 Å². The van der Waals surface area contributed by atoms with E-state index in [-0.39, 0.29) is 15.9 Å². The molecule has 0 aliphatic rings. The minimum Gasteiger partial charge on any atom is -0.497 e. The van der Waals surface area contributed by atoms with Crippen molar-refractivity contribution >= 4 is 39.2 Å². The molecule has 0 aliphatic heterocycles. The number of nitrogens with zero attached hydrogens (tertiary/aromatic N) is 2. The lowest BCUT2D eigenvalue weighted by Gasteiger charge is -2.14. The minimum atomic E-state index is -3.90. The molecule has 1 N–H and O–H groups in total. The molecule has 1 heterocycles. The minimum absolute atomic E-state index is 0.0853. The van der Waals surface area contributed by atoms with E-state index in [9.17, 15) is 8.42 Å². The molecule has 0 saturated heterocycles. The largest absolute Gasteiger partial charge is 0.497 e. The number of nitrogens with one attached hydrogen (secondary N) is 1. The van der Waals surface area contributed by atoms with Gasteiger partial charge in [0.25, 0.3) is 10.0 Å². The number of sulfonamides is 1. The van der Waals surface area contributed by atoms with Crippen LogP contribution in [0.25, 0.3) is 0 Å². The Balaban J connectivity index is 1.91. The first-order valence-corrected chi connectivity index (χ1v) is 12.9. The second-order valence-corrected chi connectivity index (χ2v) is 9.59. The predicted molar refractivity (Wildman–Crippen MR) is 128 cm³/mol. The number of ether oxygens (including phenoxy) is 2. The fraction of sp³-hybridized carbons (Fsp3) is 0.273. The fourth-order valence-electron chi connectivity index (χ4n) is 2.84. The molecule has 0 spiro atoms. The third-order valence-electron chi connectivity index (χ3n) is 4.50. The van der Waals surface area contributed by atoms with Gasteiger partial charge in [-0.1, -0.05) is 42.4 Å². The molecule has 0 unspecified atom stereocenters. The van der Waals surface area contributed by atoms with E-state index in [1.54, 1.807) is 18.4 Å². The highest BCUT2D eigenvalue weighted by molar-refractivity contribution is 7.98. The Morgan fingerprint density at radius 2 is 1.69 bits per heavy atom. The van der Waals surface area contributed by atoms with E-state index in [4.69, 9.17) is 21.1 Å². The molecule has 0 radical (unpaired) electrons. The third-order valence-corrected chi connectivity index (χ3v) is 6.71. The Labute approximate surface area is 197 Å². The predicted octanol–water partition coefficient (Wildman–Crippen LogP) is 5.04. The molecular weight excluding hydrogens is 470 g/mol. The van der Waals surface area contributed by atoms with Gasteiger partial charge in [-0.05, 0) is 54.6 Å². The van der Waals surface area contributed by atoms with Crippen LogP contribution in [0.4, 0.5) is 5.82 Å². The van der Waals surface area contributed by atoms with E-state index in [1.807, 2.05) is 31.2 Å². The van der Waals surface area contributed by atoms with Gasteiger partial charge in [0.1, 0.15) is 22.5 Å². The first-order valence-electron chi connectivity index (χ1n) is 9.85. The monoisotopic (exact) mass is 493 g/mol. The molecule has 1 aromatic heterocycles. The van der Waals surface area contributed by atoms with Gasteiger partial charge in [-0.3, -0.25) is 4.72 Å². The lowest BCUT2D eigenvalue weighted by Crippen LogP contribution is -2.16. The SMILES string of the molecule is CCCOc1ccc(Cc2c(Cl)nc(SC)nc2NS(=O)(=O)c2ccc(OC)cc2)cc1. The van der Waals surface area contributed by atoms with Crippen LogP contribution >= 0.6 is 23.4 Å². The zero-order valence-electron chi connectivity index (χ0n) is 18.0. The molecule has 0 atom stereocenters. The Bertz CT molecular complexity index is 1160. The second-order valence-electron chi connectivity index (χ2n) is 6.78. The fourth-order valence-corrected chi connectivity index (χ4v) is 4.53. The second kappa shape index (κ2) is 10.9. The Morgan fingerprint density at radius 3 is 2.28 bits per heavy atom. The first kappa shape index (κ1) is 24.2. The highest BCUT2D eigenvalue weighted by atomic mass is 35.5. The van der Waals surface area contributed by atoms with E-state index in [0.717, 1.165) is 17.7 Å². The summed E-state index contributed by atoms with van der Waals surface area (Å²) in [6.45, 7) is 2.69. The molecule has 170 valence electrons. The van der Waals surface area contributed by atoms with E-state index in [0.29, 0.717) is 29.5 Å². The first-order chi connectivity index (χ1) is 15.4. The molecule has 32 heavy (non-hydrogen) atoms. The number of hydrogen-bond acceptors (Lipinski definition) is 7. The maximum atomic E-state index is 13.0. The lowest BCUT2D eigenvalue weighted by atomic mass is 10.1. The van der Waals surface area contributed by atoms with Gasteiger partial charge in [0.2, 0.25) is 0 Å². The summed E-state index contributed by atoms with van der Waals surface area (Å²) in [6, 6.07) is 13.7. The van der Waals surface area contributed by atoms with E-state index < -0.39 is 10.0 Å². The quantitative estimate of drug-likeness (QED) is 0.240. The molecule has 3 rings (SSSR count). The zero-order valence-corrected chi connectivity index (χ0v) is 20.4. The Kier molecular flexibility index (Phi) is 8.22. The molecule has 3 aromatic rings. The summed E-state index contributed by atoms with van der Waals surface area (Å²) in [5.74, 6) is 1.48. The summed E-state index contributed by atoms with van der Waals surface area (Å²) >= 11 is 7.71. The van der Waals surface area contributed by atoms with Crippen LogP contribution < -0.4 is 14.2 Å². The number of aromatic nitrogens is 2. The molecule has 0 fully saturated rings. The van der Waals surface area contributed by atoms with Gasteiger partial charge >= 0.3 is 0 Å². The number of anilines is 1. The van der Waals surface area contributed by atoms with Crippen LogP contribution in [0.2, 0.25) is 5.15 Å². The standard InChI is InChI=1S/C22H24ClN3O4S2/c1-4-13-30-17-7-5-15(6-8-17)14-19-20(23)24-22(31-3)25-21(19)26-32(27,28)18-11-9-16(29-2)10-12-18/h5-12H,4,13-14H2,1-3H3,(H,24,25,26). The summed E-state index contributed by atoms with van der Waals surface area (Å²) < 4.78 is 39.3. The van der Waals surface area contributed by atoms with Gasteiger partial charge in [0, 0.05) is 12.0 Å². The Hall–Kier alpha value is -2.49. The van der Waals surface area contributed by atoms with Crippen molar-refractivity contribution in [2.75, 3.05) is 24.7 Å². The van der Waals surface area contributed by atoms with Crippen molar-refractivity contribution < 1.29 is 17.9 Å². The molecule has 0 saturated carbocycles. The highest BCUT2D eigenvalue weighted by Gasteiger charge is 2.21. The van der Waals surface area contributed by atoms with Gasteiger partial charge in [-0.15, -0.1) is 0 Å². The zero-order chi connectivity index (χ0) is 23.1. The lowest BCUT2D eigenvalue weighted by molar-refractivity contribution is 0.317. The maximum absolute atomic E-state index is 13.0. The summed E-state index contributed by atoms with van der Waals surface area (Å²) in [6.07, 6.45) is 3.07. The number of hydrogen-bond donors (Lipinski definition) is 1. The van der Waals surface area contributed by atoms with Crippen molar-refractivity contribution in [3.63, 3.8) is 0 Å². The average Bonchev–Trinajstić information content (AvgIpc) is 2.80. The molecule has 10 heteroatoms. The van der Waals surface area contributed by atoms with Crippen LogP contribution in [0.15, 0.2) is 58.6 Å². The van der Waals surface area contributed by atoms with Crippen molar-refractivity contribution in [1.29, 1.82) is 0 Å². The smallest absolute Gasteiger partial charge is 0.263 e. The maximum Gasteiger partial charge on any atom is 0.263 e. The van der Waals surface area contributed by atoms with Crippen molar-refractivity contribution in [1.82, 2.24) is 9.97 Å². The average molecular weight is 494 g/mol. The van der Waals surface area contributed by atoms with Crippen LogP contribution in [-0.2, 0) is 16.4 Å². The van der Waals surface area contributed by atoms with Gasteiger partial charge in [0.05, 0.1) is 18.6 Å². The number of halogens is 1. The summed E-state index contributed by atoms with van der Waals surface area (Å²) in [7, 11) is -2.38. The number of rotatable bonds is 10. The van der Waals surface area contributed by atoms with Crippen molar-refractivity contribution in [2.24, 2.45) is 0 Å². The van der Waals surface area contributed by atoms with E-state index in [1.165, 1.54) is 31.0 Å². The van der Waals surface area contributed by atoms with Gasteiger partial charge in [-0.2, -0.15) is 0 Å². The van der Waals surface area contributed by atoms with Crippen molar-refractivity contribution in [3.05, 3.63) is 64.8 Å². The van der Waals surface area contributed by atoms with Gasteiger partial charge in [0.15, 0.2) is 5.16 Å². The summed E-state index contributed by atoms with van der Waals surface area (Å²) in [5, 5.41) is 0.567. The van der Waals surface area contributed by atoms with Crippen molar-refractivity contribution in [3.8, 4) is 11.5 Å². The molecule has 7 nitrogen and oxygen atoms in total.